The minimum absolute atomic E-state index is 0.0336. The van der Waals surface area contributed by atoms with Crippen LogP contribution in [0, 0.1) is 11.2 Å². The van der Waals surface area contributed by atoms with Crippen LogP contribution in [0.5, 0.6) is 0 Å². The largest absolute Gasteiger partial charge is 0.416 e. The Balaban J connectivity index is 1.71. The van der Waals surface area contributed by atoms with Gasteiger partial charge in [-0.05, 0) is 54.8 Å². The molecule has 2 aliphatic rings. The minimum Gasteiger partial charge on any atom is -0.383 e. The summed E-state index contributed by atoms with van der Waals surface area (Å²) in [6, 6.07) is 6.30. The number of nitrogens with zero attached hydrogens (tertiary/aromatic N) is 1. The number of halogens is 7. The van der Waals surface area contributed by atoms with Crippen molar-refractivity contribution in [3.05, 3.63) is 70.5 Å². The van der Waals surface area contributed by atoms with Gasteiger partial charge in [-0.1, -0.05) is 26.0 Å². The average molecular weight is 533 g/mol. The third-order valence-corrected chi connectivity index (χ3v) is 7.30. The summed E-state index contributed by atoms with van der Waals surface area (Å²) in [5, 5.41) is 10.5. The van der Waals surface area contributed by atoms with Gasteiger partial charge >= 0.3 is 12.4 Å². The number of piperidine rings is 1. The van der Waals surface area contributed by atoms with Crippen molar-refractivity contribution < 1.29 is 45.4 Å². The molecule has 4 rings (SSSR count). The zero-order chi connectivity index (χ0) is 27.5. The Morgan fingerprint density at radius 3 is 2.05 bits per heavy atom. The highest BCUT2D eigenvalue weighted by Gasteiger charge is 2.55. The van der Waals surface area contributed by atoms with Gasteiger partial charge in [0.1, 0.15) is 11.9 Å². The summed E-state index contributed by atoms with van der Waals surface area (Å²) >= 11 is 0. The summed E-state index contributed by atoms with van der Waals surface area (Å²) < 4.78 is 99.9. The van der Waals surface area contributed by atoms with Gasteiger partial charge in [-0.2, -0.15) is 26.3 Å². The van der Waals surface area contributed by atoms with E-state index in [1.54, 1.807) is 13.8 Å². The molecule has 11 heteroatoms. The second-order valence-corrected chi connectivity index (χ2v) is 10.4. The summed E-state index contributed by atoms with van der Waals surface area (Å²) in [4.78, 5) is 14.4. The van der Waals surface area contributed by atoms with Gasteiger partial charge in [0.05, 0.1) is 23.3 Å². The first-order valence-electron chi connectivity index (χ1n) is 11.7. The van der Waals surface area contributed by atoms with Crippen LogP contribution in [0.3, 0.4) is 0 Å². The van der Waals surface area contributed by atoms with Crippen LogP contribution in [-0.4, -0.2) is 40.7 Å². The number of benzene rings is 2. The SMILES string of the molecule is CC(O[C@H]1CN2C(=O)C(O)C(C)(C)CC2C1c1ccc(F)cc1)c1cc(C(F)(F)F)cc(C(F)(F)F)c1. The van der Waals surface area contributed by atoms with E-state index in [9.17, 15) is 40.6 Å². The molecule has 4 nitrogen and oxygen atoms in total. The highest BCUT2D eigenvalue weighted by molar-refractivity contribution is 5.83. The van der Waals surface area contributed by atoms with Gasteiger partial charge < -0.3 is 14.7 Å². The molecule has 0 aliphatic carbocycles. The Hall–Kier alpha value is -2.66. The summed E-state index contributed by atoms with van der Waals surface area (Å²) in [6.07, 6.45) is -13.0. The number of hydrogen-bond donors (Lipinski definition) is 1. The number of carbonyl (C=O) groups is 1. The summed E-state index contributed by atoms with van der Waals surface area (Å²) in [6.45, 7) is 4.77. The summed E-state index contributed by atoms with van der Waals surface area (Å²) in [7, 11) is 0. The van der Waals surface area contributed by atoms with Crippen molar-refractivity contribution in [1.82, 2.24) is 4.90 Å². The van der Waals surface area contributed by atoms with E-state index in [-0.39, 0.29) is 18.2 Å². The van der Waals surface area contributed by atoms with Crippen molar-refractivity contribution in [2.75, 3.05) is 6.54 Å². The van der Waals surface area contributed by atoms with Crippen molar-refractivity contribution in [3.63, 3.8) is 0 Å². The van der Waals surface area contributed by atoms with Crippen LogP contribution in [0.4, 0.5) is 30.7 Å². The number of ether oxygens (including phenoxy) is 1. The van der Waals surface area contributed by atoms with Crippen molar-refractivity contribution in [2.24, 2.45) is 5.41 Å². The maximum absolute atomic E-state index is 13.6. The van der Waals surface area contributed by atoms with E-state index >= 15 is 0 Å². The number of aliphatic hydroxyl groups is 1. The van der Waals surface area contributed by atoms with Crippen molar-refractivity contribution in [1.29, 1.82) is 0 Å². The van der Waals surface area contributed by atoms with Gasteiger partial charge in [-0.3, -0.25) is 4.79 Å². The fourth-order valence-electron chi connectivity index (χ4n) is 5.32. The predicted octanol–water partition coefficient (Wildman–Crippen LogP) is 6.09. The van der Waals surface area contributed by atoms with Crippen LogP contribution in [0.1, 0.15) is 61.5 Å². The molecule has 37 heavy (non-hydrogen) atoms. The number of amides is 1. The molecule has 4 unspecified atom stereocenters. The summed E-state index contributed by atoms with van der Waals surface area (Å²) in [5.41, 5.74) is -3.42. The van der Waals surface area contributed by atoms with E-state index in [1.165, 1.54) is 36.1 Å². The highest BCUT2D eigenvalue weighted by Crippen LogP contribution is 2.47. The lowest BCUT2D eigenvalue weighted by molar-refractivity contribution is -0.156. The lowest BCUT2D eigenvalue weighted by atomic mass is 9.73. The molecule has 202 valence electrons. The molecule has 2 aliphatic heterocycles. The molecule has 1 amide bonds. The first-order chi connectivity index (χ1) is 17.0. The topological polar surface area (TPSA) is 49.8 Å². The van der Waals surface area contributed by atoms with Gasteiger partial charge in [0.2, 0.25) is 0 Å². The molecule has 0 saturated carbocycles. The second kappa shape index (κ2) is 9.27. The van der Waals surface area contributed by atoms with Crippen LogP contribution < -0.4 is 0 Å². The Morgan fingerprint density at radius 2 is 1.54 bits per heavy atom. The van der Waals surface area contributed by atoms with Crippen molar-refractivity contribution in [3.8, 4) is 0 Å². The van der Waals surface area contributed by atoms with Crippen LogP contribution >= 0.6 is 0 Å². The lowest BCUT2D eigenvalue weighted by Gasteiger charge is -2.44. The quantitative estimate of drug-likeness (QED) is 0.484. The van der Waals surface area contributed by atoms with E-state index in [0.717, 1.165) is 0 Å². The Bertz CT molecular complexity index is 1130. The molecule has 0 spiro atoms. The maximum atomic E-state index is 13.6. The van der Waals surface area contributed by atoms with E-state index in [1.807, 2.05) is 0 Å². The van der Waals surface area contributed by atoms with Crippen LogP contribution in [0.25, 0.3) is 0 Å². The third kappa shape index (κ3) is 5.34. The first kappa shape index (κ1) is 27.4. The molecule has 0 radical (unpaired) electrons. The first-order valence-corrected chi connectivity index (χ1v) is 11.7. The minimum atomic E-state index is -5.01. The zero-order valence-electron chi connectivity index (χ0n) is 20.2. The normalized spacial score (nSPS) is 26.8. The van der Waals surface area contributed by atoms with E-state index in [4.69, 9.17) is 4.74 Å². The second-order valence-electron chi connectivity index (χ2n) is 10.4. The number of alkyl halides is 6. The molecule has 2 saturated heterocycles. The monoisotopic (exact) mass is 533 g/mol. The Morgan fingerprint density at radius 1 is 1.00 bits per heavy atom. The molecule has 2 fully saturated rings. The number of hydrogen-bond acceptors (Lipinski definition) is 3. The molecule has 2 aromatic carbocycles. The third-order valence-electron chi connectivity index (χ3n) is 7.30. The molecule has 2 heterocycles. The van der Waals surface area contributed by atoms with Crippen LogP contribution in [-0.2, 0) is 21.9 Å². The van der Waals surface area contributed by atoms with E-state index < -0.39 is 70.9 Å². The molecule has 2 aromatic rings. The number of carbonyl (C=O) groups excluding carboxylic acids is 1. The number of rotatable bonds is 4. The molecular weight excluding hydrogens is 507 g/mol. The smallest absolute Gasteiger partial charge is 0.383 e. The van der Waals surface area contributed by atoms with Gasteiger partial charge in [-0.25, -0.2) is 4.39 Å². The van der Waals surface area contributed by atoms with Crippen molar-refractivity contribution >= 4 is 5.91 Å². The molecule has 5 atom stereocenters. The van der Waals surface area contributed by atoms with Crippen molar-refractivity contribution in [2.45, 2.75) is 69.8 Å². The van der Waals surface area contributed by atoms with Gasteiger partial charge in [-0.15, -0.1) is 0 Å². The Labute approximate surface area is 209 Å². The maximum Gasteiger partial charge on any atom is 0.416 e. The van der Waals surface area contributed by atoms with Gasteiger partial charge in [0.15, 0.2) is 0 Å². The molecule has 0 aromatic heterocycles. The number of fused-ring (bicyclic) bond motifs is 1. The van der Waals surface area contributed by atoms with Gasteiger partial charge in [0.25, 0.3) is 5.91 Å². The Kier molecular flexibility index (Phi) is 6.86. The van der Waals surface area contributed by atoms with Crippen LogP contribution in [0.15, 0.2) is 42.5 Å². The van der Waals surface area contributed by atoms with E-state index in [0.29, 0.717) is 24.1 Å². The fourth-order valence-corrected chi connectivity index (χ4v) is 5.32. The average Bonchev–Trinajstić information content (AvgIpc) is 3.13. The predicted molar refractivity (Wildman–Crippen MR) is 119 cm³/mol. The molecule has 1 N–H and O–H groups in total. The molecular formula is C26H26F7NO3. The highest BCUT2D eigenvalue weighted by atomic mass is 19.4. The van der Waals surface area contributed by atoms with Crippen LogP contribution in [0.2, 0.25) is 0 Å². The van der Waals surface area contributed by atoms with Gasteiger partial charge in [0, 0.05) is 23.9 Å². The summed E-state index contributed by atoms with van der Waals surface area (Å²) in [5.74, 6) is -1.58. The zero-order valence-corrected chi connectivity index (χ0v) is 20.2. The standard InChI is InChI=1S/C26H26F7NO3/c1-13(15-8-16(25(28,29)30)10-17(9-15)26(31,32)33)37-20-12-34-19(11-24(2,3)22(35)23(34)36)21(20)14-4-6-18(27)7-5-14/h4-10,13,19-22,35H,11-12H2,1-3H3/t13?,19?,20-,21?,22?/m0/s1. The fraction of sp³-hybridized carbons (Fsp3) is 0.500. The number of aliphatic hydroxyl groups excluding tert-OH is 1. The van der Waals surface area contributed by atoms with E-state index in [2.05, 4.69) is 0 Å². The molecule has 0 bridgehead atoms. The lowest BCUT2D eigenvalue weighted by Crippen LogP contribution is -2.56.